The number of hydrogen-bond donors (Lipinski definition) is 4. The summed E-state index contributed by atoms with van der Waals surface area (Å²) in [5.74, 6) is -0.453. The molecule has 1 aromatic carbocycles. The Morgan fingerprint density at radius 2 is 2.04 bits per heavy atom. The van der Waals surface area contributed by atoms with E-state index >= 15 is 0 Å². The summed E-state index contributed by atoms with van der Waals surface area (Å²) in [7, 11) is 1.61. The lowest BCUT2D eigenvalue weighted by Crippen LogP contribution is -2.67. The van der Waals surface area contributed by atoms with Crippen LogP contribution < -0.4 is 16.8 Å². The van der Waals surface area contributed by atoms with E-state index in [1.54, 1.807) is 7.11 Å². The number of halogens is 1. The van der Waals surface area contributed by atoms with Gasteiger partial charge in [0.25, 0.3) is 0 Å². The van der Waals surface area contributed by atoms with Gasteiger partial charge in [-0.2, -0.15) is 0 Å². The van der Waals surface area contributed by atoms with Gasteiger partial charge in [0.15, 0.2) is 5.82 Å². The molecule has 0 saturated heterocycles. The summed E-state index contributed by atoms with van der Waals surface area (Å²) in [6, 6.07) is 7.64. The standard InChI is InChI=1S/C18H26ClN7O/c1-11(2)10-14-15(20)26-18(21,22-8-9-27-3)17(19,25-14)16-23-12-6-4-5-7-13(12)24-16/h4-7,11,22H,8-10,21H2,1-3H3,(H2,20,26)(H,23,24). The minimum absolute atomic E-state index is 0.281. The first-order chi connectivity index (χ1) is 12.8. The van der Waals surface area contributed by atoms with Crippen LogP contribution in [0.1, 0.15) is 26.1 Å². The molecule has 9 heteroatoms. The number of nitrogens with two attached hydrogens (primary N) is 2. The van der Waals surface area contributed by atoms with Crippen LogP contribution in [0.4, 0.5) is 0 Å². The maximum atomic E-state index is 7.03. The van der Waals surface area contributed by atoms with Crippen molar-refractivity contribution in [3.63, 3.8) is 0 Å². The van der Waals surface area contributed by atoms with E-state index in [4.69, 9.17) is 32.8 Å². The fourth-order valence-corrected chi connectivity index (χ4v) is 3.34. The van der Waals surface area contributed by atoms with Gasteiger partial charge in [-0.15, -0.1) is 0 Å². The Bertz CT molecular complexity index is 844. The zero-order chi connectivity index (χ0) is 19.7. The van der Waals surface area contributed by atoms with Gasteiger partial charge in [0.1, 0.15) is 5.84 Å². The van der Waals surface area contributed by atoms with Gasteiger partial charge in [0, 0.05) is 13.7 Å². The molecule has 2 heterocycles. The van der Waals surface area contributed by atoms with Gasteiger partial charge in [-0.05, 0) is 24.5 Å². The van der Waals surface area contributed by atoms with E-state index in [1.807, 2.05) is 24.3 Å². The summed E-state index contributed by atoms with van der Waals surface area (Å²) in [5.41, 5.74) is 15.0. The molecule has 0 radical (unpaired) electrons. The third-order valence-corrected chi connectivity index (χ3v) is 4.94. The average Bonchev–Trinajstić information content (AvgIpc) is 3.04. The Hall–Kier alpha value is -2.00. The van der Waals surface area contributed by atoms with Crippen molar-refractivity contribution in [1.29, 1.82) is 0 Å². The highest BCUT2D eigenvalue weighted by molar-refractivity contribution is 6.43. The highest BCUT2D eigenvalue weighted by Crippen LogP contribution is 2.41. The van der Waals surface area contributed by atoms with Crippen LogP contribution in [-0.4, -0.2) is 47.6 Å². The van der Waals surface area contributed by atoms with Crippen LogP contribution in [0.5, 0.6) is 0 Å². The van der Waals surface area contributed by atoms with Crippen molar-refractivity contribution in [3.05, 3.63) is 30.1 Å². The number of nitrogens with zero attached hydrogens (tertiary/aromatic N) is 3. The molecule has 0 amide bonds. The number of amidine groups is 1. The van der Waals surface area contributed by atoms with Crippen LogP contribution in [0.15, 0.2) is 34.3 Å². The highest BCUT2D eigenvalue weighted by Gasteiger charge is 2.54. The SMILES string of the molecule is COCCNC1(N)N=C(N)C(CC(C)C)=NC1(Cl)c1nc2ccccc2[nH]1. The van der Waals surface area contributed by atoms with Crippen molar-refractivity contribution in [2.45, 2.75) is 31.1 Å². The van der Waals surface area contributed by atoms with E-state index in [0.717, 1.165) is 11.0 Å². The second-order valence-electron chi connectivity index (χ2n) is 7.06. The molecule has 27 heavy (non-hydrogen) atoms. The number of imidazole rings is 1. The maximum absolute atomic E-state index is 7.03. The summed E-state index contributed by atoms with van der Waals surface area (Å²) in [6.45, 7) is 5.01. The number of benzene rings is 1. The predicted molar refractivity (Wildman–Crippen MR) is 109 cm³/mol. The van der Waals surface area contributed by atoms with Crippen LogP contribution in [0.2, 0.25) is 0 Å². The molecule has 1 aliphatic heterocycles. The van der Waals surface area contributed by atoms with Crippen molar-refractivity contribution in [3.8, 4) is 0 Å². The summed E-state index contributed by atoms with van der Waals surface area (Å²) >= 11 is 7.03. The number of aliphatic imine (C=N–C) groups is 2. The van der Waals surface area contributed by atoms with E-state index in [0.29, 0.717) is 37.0 Å². The fraction of sp³-hybridized carbons (Fsp3) is 0.500. The Balaban J connectivity index is 2.10. The molecule has 0 bridgehead atoms. The van der Waals surface area contributed by atoms with Crippen LogP contribution in [0.3, 0.4) is 0 Å². The Morgan fingerprint density at radius 1 is 1.30 bits per heavy atom. The zero-order valence-corrected chi connectivity index (χ0v) is 16.5. The molecule has 0 spiro atoms. The van der Waals surface area contributed by atoms with Crippen molar-refractivity contribution < 1.29 is 4.74 Å². The smallest absolute Gasteiger partial charge is 0.243 e. The second-order valence-corrected chi connectivity index (χ2v) is 7.61. The lowest BCUT2D eigenvalue weighted by Gasteiger charge is -2.41. The monoisotopic (exact) mass is 391 g/mol. The Morgan fingerprint density at radius 3 is 2.70 bits per heavy atom. The molecule has 0 saturated carbocycles. The zero-order valence-electron chi connectivity index (χ0n) is 15.8. The van der Waals surface area contributed by atoms with Crippen molar-refractivity contribution in [2.24, 2.45) is 27.4 Å². The molecule has 0 fully saturated rings. The third-order valence-electron chi connectivity index (χ3n) is 4.39. The van der Waals surface area contributed by atoms with E-state index in [1.165, 1.54) is 0 Å². The maximum Gasteiger partial charge on any atom is 0.243 e. The van der Waals surface area contributed by atoms with Crippen LogP contribution in [0, 0.1) is 5.92 Å². The van der Waals surface area contributed by atoms with Gasteiger partial charge in [0.2, 0.25) is 10.8 Å². The Kier molecular flexibility index (Phi) is 5.53. The van der Waals surface area contributed by atoms with Gasteiger partial charge >= 0.3 is 0 Å². The van der Waals surface area contributed by atoms with E-state index in [2.05, 4.69) is 34.1 Å². The van der Waals surface area contributed by atoms with Crippen LogP contribution >= 0.6 is 11.6 Å². The largest absolute Gasteiger partial charge is 0.383 e. The molecule has 6 N–H and O–H groups in total. The minimum atomic E-state index is -1.48. The number of alkyl halides is 1. The molecule has 3 rings (SSSR count). The molecule has 146 valence electrons. The normalized spacial score (nSPS) is 25.7. The number of methoxy groups -OCH3 is 1. The summed E-state index contributed by atoms with van der Waals surface area (Å²) < 4.78 is 5.10. The number of fused-ring (bicyclic) bond motifs is 1. The molecule has 1 aromatic heterocycles. The number of rotatable bonds is 7. The van der Waals surface area contributed by atoms with Gasteiger partial charge in [0.05, 0.1) is 23.4 Å². The van der Waals surface area contributed by atoms with Crippen molar-refractivity contribution >= 4 is 34.2 Å². The number of H-pyrrole nitrogens is 1. The number of ether oxygens (including phenoxy) is 1. The van der Waals surface area contributed by atoms with Crippen LogP contribution in [0.25, 0.3) is 11.0 Å². The molecule has 0 aliphatic carbocycles. The van der Waals surface area contributed by atoms with E-state index in [9.17, 15) is 0 Å². The fourth-order valence-electron chi connectivity index (χ4n) is 3.04. The molecule has 2 unspecified atom stereocenters. The van der Waals surface area contributed by atoms with Gasteiger partial charge in [-0.3, -0.25) is 11.1 Å². The number of hydrogen-bond acceptors (Lipinski definition) is 7. The molecule has 1 aliphatic rings. The highest BCUT2D eigenvalue weighted by atomic mass is 35.5. The first kappa shape index (κ1) is 19.8. The van der Waals surface area contributed by atoms with E-state index in [-0.39, 0.29) is 5.84 Å². The lowest BCUT2D eigenvalue weighted by molar-refractivity contribution is 0.170. The number of aromatic amines is 1. The topological polar surface area (TPSA) is 127 Å². The molecular formula is C18H26ClN7O. The molecule has 2 aromatic rings. The minimum Gasteiger partial charge on any atom is -0.383 e. The number of nitrogens with one attached hydrogen (secondary N) is 2. The first-order valence-corrected chi connectivity index (χ1v) is 9.28. The average molecular weight is 392 g/mol. The first-order valence-electron chi connectivity index (χ1n) is 8.90. The van der Waals surface area contributed by atoms with Crippen molar-refractivity contribution in [2.75, 3.05) is 20.3 Å². The van der Waals surface area contributed by atoms with Crippen molar-refractivity contribution in [1.82, 2.24) is 15.3 Å². The Labute approximate surface area is 163 Å². The lowest BCUT2D eigenvalue weighted by atomic mass is 10.0. The summed E-state index contributed by atoms with van der Waals surface area (Å²) in [5, 5.41) is 3.12. The van der Waals surface area contributed by atoms with Crippen LogP contribution in [-0.2, 0) is 9.73 Å². The molecule has 8 nitrogen and oxygen atoms in total. The predicted octanol–water partition coefficient (Wildman–Crippen LogP) is 1.66. The van der Waals surface area contributed by atoms with Gasteiger partial charge in [-0.25, -0.2) is 15.0 Å². The van der Waals surface area contributed by atoms with Gasteiger partial charge < -0.3 is 15.5 Å². The van der Waals surface area contributed by atoms with Gasteiger partial charge in [-0.1, -0.05) is 37.6 Å². The summed E-state index contributed by atoms with van der Waals surface area (Å²) in [4.78, 5) is 15.6. The second kappa shape index (κ2) is 7.55. The third kappa shape index (κ3) is 3.70. The quantitative estimate of drug-likeness (QED) is 0.247. The number of para-hydroxylation sites is 2. The summed E-state index contributed by atoms with van der Waals surface area (Å²) in [6.07, 6.45) is 0.637. The molecule has 2 atom stereocenters. The number of aromatic nitrogens is 2. The van der Waals surface area contributed by atoms with E-state index < -0.39 is 10.8 Å². The molecular weight excluding hydrogens is 366 g/mol.